The Hall–Kier alpha value is -3.00. The summed E-state index contributed by atoms with van der Waals surface area (Å²) in [7, 11) is -5.04. The van der Waals surface area contributed by atoms with Gasteiger partial charge in [-0.25, -0.2) is 13.3 Å². The Morgan fingerprint density at radius 2 is 1.46 bits per heavy atom. The van der Waals surface area contributed by atoms with Crippen LogP contribution in [0.5, 0.6) is 11.5 Å². The Kier molecular flexibility index (Phi) is 11.6. The molecule has 0 aliphatic heterocycles. The van der Waals surface area contributed by atoms with Crippen molar-refractivity contribution in [1.29, 1.82) is 0 Å². The molecule has 46 heavy (non-hydrogen) atoms. The summed E-state index contributed by atoms with van der Waals surface area (Å²) in [6.45, 7) is -1.82. The molecule has 0 saturated heterocycles. The number of carboxylic acids is 1. The molecule has 2 atom stereocenters. The number of ether oxygens (including phenoxy) is 2. The second-order valence-electron chi connectivity index (χ2n) is 11.4. The maximum atomic E-state index is 13.9. The fourth-order valence-electron chi connectivity index (χ4n) is 6.51. The summed E-state index contributed by atoms with van der Waals surface area (Å²) >= 11 is 11.4. The Bertz CT molecular complexity index is 1500. The zero-order valence-electron chi connectivity index (χ0n) is 24.3. The summed E-state index contributed by atoms with van der Waals surface area (Å²) in [6, 6.07) is 7.25. The molecule has 3 aliphatic carbocycles. The fourth-order valence-corrected chi connectivity index (χ4v) is 7.12. The van der Waals surface area contributed by atoms with E-state index in [1.807, 2.05) is 0 Å². The molecule has 2 unspecified atom stereocenters. The average molecular weight is 709 g/mol. The van der Waals surface area contributed by atoms with Gasteiger partial charge >= 0.3 is 13.8 Å². The van der Waals surface area contributed by atoms with Crippen molar-refractivity contribution in [3.8, 4) is 11.5 Å². The summed E-state index contributed by atoms with van der Waals surface area (Å²) in [4.78, 5) is 57.6. The smallest absolute Gasteiger partial charge is 0.469 e. The van der Waals surface area contributed by atoms with E-state index >= 15 is 0 Å². The zero-order valence-corrected chi connectivity index (χ0v) is 26.8. The molecule has 3 saturated carbocycles. The van der Waals surface area contributed by atoms with Gasteiger partial charge in [-0.2, -0.15) is 0 Å². The second kappa shape index (κ2) is 14.8. The molecular formula is C29H33Cl2F2N2O10P. The molecular weight excluding hydrogens is 676 g/mol. The highest BCUT2D eigenvalue weighted by atomic mass is 35.5. The molecule has 2 bridgehead atoms. The summed E-state index contributed by atoms with van der Waals surface area (Å²) < 4.78 is 55.4. The SMILES string of the molecule is O=C(O)CCC(COP(=O)(O)O)C1(NC(=O)COc2ccc(Cl)c(F)c2)CC2CCC1(NC(=O)COc1ccc(Cl)c(F)c1)CC2. The van der Waals surface area contributed by atoms with Crippen LogP contribution >= 0.6 is 31.0 Å². The highest BCUT2D eigenvalue weighted by Gasteiger charge is 2.62. The van der Waals surface area contributed by atoms with E-state index in [4.69, 9.17) is 37.2 Å². The maximum Gasteiger partial charge on any atom is 0.469 e. The molecule has 5 N–H and O–H groups in total. The number of rotatable bonds is 15. The Balaban J connectivity index is 1.65. The van der Waals surface area contributed by atoms with Crippen LogP contribution in [0.15, 0.2) is 36.4 Å². The maximum absolute atomic E-state index is 13.9. The molecule has 0 aromatic heterocycles. The lowest BCUT2D eigenvalue weighted by Gasteiger charge is -2.63. The number of halogens is 4. The zero-order chi connectivity index (χ0) is 33.7. The lowest BCUT2D eigenvalue weighted by Crippen LogP contribution is -2.78. The number of hydrogen-bond donors (Lipinski definition) is 5. The van der Waals surface area contributed by atoms with Gasteiger partial charge in [0.1, 0.15) is 23.1 Å². The molecule has 0 spiro atoms. The molecule has 3 fully saturated rings. The first-order valence-electron chi connectivity index (χ1n) is 14.3. The van der Waals surface area contributed by atoms with Crippen molar-refractivity contribution >= 4 is 48.8 Å². The largest absolute Gasteiger partial charge is 0.484 e. The second-order valence-corrected chi connectivity index (χ2v) is 13.5. The minimum Gasteiger partial charge on any atom is -0.484 e. The number of nitrogens with one attached hydrogen (secondary N) is 2. The van der Waals surface area contributed by atoms with Gasteiger partial charge < -0.3 is 35.0 Å². The Labute approximate surface area is 272 Å². The lowest BCUT2D eigenvalue weighted by molar-refractivity contribution is -0.142. The van der Waals surface area contributed by atoms with Gasteiger partial charge in [0.25, 0.3) is 11.8 Å². The standard InChI is InChI=1S/C29H33Cl2F2N2O10P/c30-21-4-2-19(11-23(21)32)43-15-25(36)34-28-9-7-17(8-10-28)13-29(28,18(1-6-27(38)39)14-45-46(40,41)42)35-26(37)16-44-20-3-5-22(31)24(33)12-20/h2-5,11-12,17-18H,1,6-10,13-16H2,(H,34,36)(H,35,37)(H,38,39)(H2,40,41,42). The number of amides is 2. The monoisotopic (exact) mass is 708 g/mol. The predicted octanol–water partition coefficient (Wildman–Crippen LogP) is 4.62. The van der Waals surface area contributed by atoms with Crippen molar-refractivity contribution < 1.29 is 56.6 Å². The highest BCUT2D eigenvalue weighted by Crippen LogP contribution is 2.55. The molecule has 0 heterocycles. The van der Waals surface area contributed by atoms with Gasteiger partial charge in [-0.15, -0.1) is 0 Å². The van der Waals surface area contributed by atoms with E-state index in [0.717, 1.165) is 12.1 Å². The van der Waals surface area contributed by atoms with E-state index < -0.39 is 80.5 Å². The van der Waals surface area contributed by atoms with Crippen LogP contribution in [0.3, 0.4) is 0 Å². The van der Waals surface area contributed by atoms with Crippen LogP contribution < -0.4 is 20.1 Å². The Morgan fingerprint density at radius 1 is 0.935 bits per heavy atom. The number of benzene rings is 2. The van der Waals surface area contributed by atoms with Crippen molar-refractivity contribution in [2.24, 2.45) is 11.8 Å². The third-order valence-electron chi connectivity index (χ3n) is 8.53. The van der Waals surface area contributed by atoms with Crippen molar-refractivity contribution in [3.63, 3.8) is 0 Å². The van der Waals surface area contributed by atoms with Crippen LogP contribution in [0, 0.1) is 23.5 Å². The van der Waals surface area contributed by atoms with E-state index in [1.54, 1.807) is 0 Å². The number of phosphoric ester groups is 1. The molecule has 12 nitrogen and oxygen atoms in total. The van der Waals surface area contributed by atoms with E-state index in [2.05, 4.69) is 10.6 Å². The molecule has 5 rings (SSSR count). The minimum atomic E-state index is -5.04. The number of aliphatic carboxylic acids is 1. The minimum absolute atomic E-state index is 0.00215. The quantitative estimate of drug-likeness (QED) is 0.164. The average Bonchev–Trinajstić information content (AvgIpc) is 2.98. The first kappa shape index (κ1) is 35.8. The molecule has 17 heteroatoms. The topological polar surface area (TPSA) is 181 Å². The predicted molar refractivity (Wildman–Crippen MR) is 160 cm³/mol. The van der Waals surface area contributed by atoms with Gasteiger partial charge in [0, 0.05) is 24.5 Å². The van der Waals surface area contributed by atoms with Gasteiger partial charge in [0.15, 0.2) is 13.2 Å². The van der Waals surface area contributed by atoms with Gasteiger partial charge in [0.05, 0.1) is 27.7 Å². The molecule has 2 aromatic rings. The number of carbonyl (C=O) groups excluding carboxylic acids is 2. The number of hydrogen-bond acceptors (Lipinski definition) is 7. The summed E-state index contributed by atoms with van der Waals surface area (Å²) in [5.74, 6) is -5.04. The van der Waals surface area contributed by atoms with Crippen molar-refractivity contribution in [2.75, 3.05) is 19.8 Å². The number of carbonyl (C=O) groups is 3. The van der Waals surface area contributed by atoms with Crippen LogP contribution in [0.1, 0.15) is 44.9 Å². The van der Waals surface area contributed by atoms with Gasteiger partial charge in [-0.3, -0.25) is 18.9 Å². The van der Waals surface area contributed by atoms with Gasteiger partial charge in [-0.05, 0) is 68.7 Å². The van der Waals surface area contributed by atoms with Crippen LogP contribution in [0.2, 0.25) is 10.0 Å². The summed E-state index contributed by atoms with van der Waals surface area (Å²) in [5, 5.41) is 15.1. The summed E-state index contributed by atoms with van der Waals surface area (Å²) in [6.07, 6.45) is 1.51. The van der Waals surface area contributed by atoms with E-state index in [9.17, 15) is 42.6 Å². The molecule has 252 valence electrons. The third-order valence-corrected chi connectivity index (χ3v) is 9.63. The lowest BCUT2D eigenvalue weighted by atomic mass is 9.51. The first-order chi connectivity index (χ1) is 21.6. The number of fused-ring (bicyclic) bond motifs is 3. The van der Waals surface area contributed by atoms with Crippen LogP contribution in [-0.2, 0) is 23.5 Å². The van der Waals surface area contributed by atoms with Crippen LogP contribution in [-0.4, -0.2) is 63.6 Å². The number of carboxylic acid groups (broad SMARTS) is 1. The van der Waals surface area contributed by atoms with E-state index in [0.29, 0.717) is 25.7 Å². The van der Waals surface area contributed by atoms with Gasteiger partial charge in [-0.1, -0.05) is 23.2 Å². The van der Waals surface area contributed by atoms with E-state index in [-0.39, 0.29) is 40.3 Å². The molecule has 3 aliphatic rings. The first-order valence-corrected chi connectivity index (χ1v) is 16.6. The fraction of sp³-hybridized carbons (Fsp3) is 0.483. The molecule has 2 amide bonds. The van der Waals surface area contributed by atoms with Crippen molar-refractivity contribution in [3.05, 3.63) is 58.1 Å². The normalized spacial score (nSPS) is 23.0. The highest BCUT2D eigenvalue weighted by molar-refractivity contribution is 7.46. The van der Waals surface area contributed by atoms with Crippen molar-refractivity contribution in [2.45, 2.75) is 56.0 Å². The Morgan fingerprint density at radius 3 is 1.93 bits per heavy atom. The summed E-state index contributed by atoms with van der Waals surface area (Å²) in [5.41, 5.74) is -2.70. The third kappa shape index (κ3) is 8.87. The molecule has 2 aromatic carbocycles. The van der Waals surface area contributed by atoms with Crippen molar-refractivity contribution in [1.82, 2.24) is 10.6 Å². The van der Waals surface area contributed by atoms with Crippen LogP contribution in [0.4, 0.5) is 8.78 Å². The number of phosphoric acid groups is 1. The van der Waals surface area contributed by atoms with Gasteiger partial charge in [0.2, 0.25) is 0 Å². The van der Waals surface area contributed by atoms with E-state index in [1.165, 1.54) is 24.3 Å². The molecule has 0 radical (unpaired) electrons. The van der Waals surface area contributed by atoms with Crippen LogP contribution in [0.25, 0.3) is 0 Å².